The van der Waals surface area contributed by atoms with E-state index in [0.29, 0.717) is 16.5 Å². The van der Waals surface area contributed by atoms with Crippen molar-refractivity contribution in [3.8, 4) is 16.9 Å². The first-order chi connectivity index (χ1) is 17.0. The van der Waals surface area contributed by atoms with E-state index in [2.05, 4.69) is 9.17 Å². The van der Waals surface area contributed by atoms with Crippen molar-refractivity contribution in [2.75, 3.05) is 0 Å². The molecule has 0 aliphatic heterocycles. The molecule has 3 aromatic carbocycles. The summed E-state index contributed by atoms with van der Waals surface area (Å²) in [6, 6.07) is 16.3. The summed E-state index contributed by atoms with van der Waals surface area (Å²) in [5, 5.41) is -5.56. The van der Waals surface area contributed by atoms with Crippen LogP contribution in [0, 0.1) is 0 Å². The zero-order valence-corrected chi connectivity index (χ0v) is 18.7. The average Bonchev–Trinajstić information content (AvgIpc) is 2.82. The maximum atomic E-state index is 13.9. The first-order valence-corrected chi connectivity index (χ1v) is 11.4. The van der Waals surface area contributed by atoms with Crippen LogP contribution in [0.25, 0.3) is 32.8 Å². The van der Waals surface area contributed by atoms with Gasteiger partial charge >= 0.3 is 33.4 Å². The topological polar surface area (TPSA) is 56.3 Å². The Hall–Kier alpha value is -3.55. The van der Waals surface area contributed by atoms with Crippen LogP contribution in [0.2, 0.25) is 0 Å². The quantitative estimate of drug-likeness (QED) is 0.187. The molecular weight excluding hydrogens is 541 g/mol. The Kier molecular flexibility index (Phi) is 6.09. The Labute approximate surface area is 202 Å². The number of para-hydroxylation sites is 1. The number of nitrogens with zero attached hydrogens (tertiary/aromatic N) is 1. The molecule has 0 radical (unpaired) electrons. The summed E-state index contributed by atoms with van der Waals surface area (Å²) in [4.78, 5) is 4.32. The lowest BCUT2D eigenvalue weighted by atomic mass is 9.99. The number of fused-ring (bicyclic) bond motifs is 2. The van der Waals surface area contributed by atoms with Gasteiger partial charge in [0.1, 0.15) is 5.75 Å². The summed E-state index contributed by atoms with van der Waals surface area (Å²) in [5.41, 5.74) is 2.03. The third-order valence-electron chi connectivity index (χ3n) is 5.39. The molecule has 0 amide bonds. The molecule has 1 heterocycles. The van der Waals surface area contributed by atoms with Gasteiger partial charge in [0.05, 0.1) is 5.52 Å². The molecule has 0 aliphatic rings. The summed E-state index contributed by atoms with van der Waals surface area (Å²) in [7, 11) is -7.03. The molecule has 0 atom stereocenters. The highest BCUT2D eigenvalue weighted by molar-refractivity contribution is 7.88. The smallest absolute Gasteiger partial charge is 0.378 e. The summed E-state index contributed by atoms with van der Waals surface area (Å²) in [6.07, 6.45) is -5.59. The zero-order valence-electron chi connectivity index (χ0n) is 17.9. The van der Waals surface area contributed by atoms with Crippen LogP contribution in [-0.4, -0.2) is 36.7 Å². The second kappa shape index (κ2) is 8.50. The van der Waals surface area contributed by atoms with Crippen molar-refractivity contribution in [2.24, 2.45) is 0 Å². The minimum Gasteiger partial charge on any atom is -0.378 e. The lowest BCUT2D eigenvalue weighted by Crippen LogP contribution is -2.63. The molecule has 4 aromatic rings. The van der Waals surface area contributed by atoms with E-state index in [-0.39, 0.29) is 5.39 Å². The fourth-order valence-corrected chi connectivity index (χ4v) is 4.38. The Morgan fingerprint density at radius 2 is 1.30 bits per heavy atom. The largest absolute Gasteiger partial charge is 0.460 e. The van der Waals surface area contributed by atoms with Gasteiger partial charge in [-0.05, 0) is 40.6 Å². The third kappa shape index (κ3) is 4.22. The lowest BCUT2D eigenvalue weighted by molar-refractivity contribution is -0.382. The molecule has 0 aliphatic carbocycles. The third-order valence-corrected chi connectivity index (χ3v) is 6.69. The molecule has 196 valence electrons. The van der Waals surface area contributed by atoms with Crippen LogP contribution in [0.5, 0.6) is 5.75 Å². The Morgan fingerprint density at radius 1 is 0.676 bits per heavy atom. The number of hydrogen-bond donors (Lipinski definition) is 0. The van der Waals surface area contributed by atoms with Gasteiger partial charge in [-0.25, -0.2) is 0 Å². The van der Waals surface area contributed by atoms with Crippen molar-refractivity contribution in [1.29, 1.82) is 0 Å². The number of rotatable bonds is 6. The fourth-order valence-electron chi connectivity index (χ4n) is 3.48. The van der Waals surface area contributed by atoms with Crippen LogP contribution in [0.4, 0.5) is 39.5 Å². The van der Waals surface area contributed by atoms with Gasteiger partial charge in [0, 0.05) is 17.1 Å². The van der Waals surface area contributed by atoms with E-state index in [9.17, 15) is 47.9 Å². The van der Waals surface area contributed by atoms with Crippen molar-refractivity contribution < 1.29 is 52.1 Å². The number of aromatic nitrogens is 1. The molecule has 0 N–H and O–H groups in total. The Balaban J connectivity index is 1.68. The molecule has 37 heavy (non-hydrogen) atoms. The van der Waals surface area contributed by atoms with Gasteiger partial charge in [-0.3, -0.25) is 4.98 Å². The van der Waals surface area contributed by atoms with Gasteiger partial charge in [0.15, 0.2) is 0 Å². The van der Waals surface area contributed by atoms with Crippen LogP contribution >= 0.6 is 0 Å². The number of alkyl halides is 9. The summed E-state index contributed by atoms with van der Waals surface area (Å²) in [5.74, 6) is -15.8. The van der Waals surface area contributed by atoms with Gasteiger partial charge in [-0.15, -0.1) is 0 Å². The Bertz CT molecular complexity index is 1600. The number of hydrogen-bond acceptors (Lipinski definition) is 4. The minimum atomic E-state index is -7.38. The maximum absolute atomic E-state index is 13.9. The van der Waals surface area contributed by atoms with Gasteiger partial charge in [-0.1, -0.05) is 42.5 Å². The standard InChI is InChI=1S/C23H12F9NO3S/c24-20(25,22(28,29)30)21(26,27)23(31,32)37(34,35)36-17-9-8-14-11-16(7-6-15(14)12-17)18-5-1-3-13-4-2-10-33-19(13)18/h1-12H. The van der Waals surface area contributed by atoms with Crippen molar-refractivity contribution >= 4 is 31.8 Å². The SMILES string of the molecule is O=S(=O)(Oc1ccc2cc(-c3cccc4cccnc34)ccc2c1)C(F)(F)C(F)(F)C(F)(F)C(F)(F)F. The summed E-state index contributed by atoms with van der Waals surface area (Å²) < 4.78 is 145. The Morgan fingerprint density at radius 3 is 1.97 bits per heavy atom. The number of halogens is 9. The van der Waals surface area contributed by atoms with Crippen LogP contribution in [0.1, 0.15) is 0 Å². The van der Waals surface area contributed by atoms with Gasteiger partial charge in [0.25, 0.3) is 0 Å². The maximum Gasteiger partial charge on any atom is 0.460 e. The van der Waals surface area contributed by atoms with Gasteiger partial charge in [0.2, 0.25) is 0 Å². The first-order valence-electron chi connectivity index (χ1n) is 10.0. The molecule has 0 fully saturated rings. The van der Waals surface area contributed by atoms with Crippen LogP contribution in [0.15, 0.2) is 72.9 Å². The predicted molar refractivity (Wildman–Crippen MR) is 115 cm³/mol. The van der Waals surface area contributed by atoms with E-state index in [4.69, 9.17) is 0 Å². The lowest BCUT2D eigenvalue weighted by Gasteiger charge is -2.32. The monoisotopic (exact) mass is 553 g/mol. The van der Waals surface area contributed by atoms with E-state index in [0.717, 1.165) is 29.1 Å². The molecule has 0 bridgehead atoms. The van der Waals surface area contributed by atoms with E-state index in [1.165, 1.54) is 6.07 Å². The van der Waals surface area contributed by atoms with E-state index in [1.807, 2.05) is 12.1 Å². The van der Waals surface area contributed by atoms with Crippen molar-refractivity contribution in [3.05, 3.63) is 72.9 Å². The van der Waals surface area contributed by atoms with Crippen LogP contribution < -0.4 is 4.18 Å². The van der Waals surface area contributed by atoms with Gasteiger partial charge < -0.3 is 4.18 Å². The highest BCUT2D eigenvalue weighted by Gasteiger charge is 2.86. The van der Waals surface area contributed by atoms with E-state index >= 15 is 0 Å². The van der Waals surface area contributed by atoms with Crippen molar-refractivity contribution in [3.63, 3.8) is 0 Å². The normalized spacial score (nSPS) is 13.8. The average molecular weight is 553 g/mol. The second-order valence-corrected chi connectivity index (χ2v) is 9.39. The molecule has 0 saturated carbocycles. The van der Waals surface area contributed by atoms with Crippen LogP contribution in [-0.2, 0) is 10.1 Å². The fraction of sp³-hybridized carbons (Fsp3) is 0.174. The molecule has 0 saturated heterocycles. The predicted octanol–water partition coefficient (Wildman–Crippen LogP) is 7.19. The van der Waals surface area contributed by atoms with Crippen molar-refractivity contribution in [2.45, 2.75) is 23.3 Å². The summed E-state index contributed by atoms with van der Waals surface area (Å²) >= 11 is 0. The number of pyridine rings is 1. The highest BCUT2D eigenvalue weighted by Crippen LogP contribution is 2.55. The van der Waals surface area contributed by atoms with Crippen LogP contribution in [0.3, 0.4) is 0 Å². The van der Waals surface area contributed by atoms with Gasteiger partial charge in [-0.2, -0.15) is 47.9 Å². The molecule has 4 rings (SSSR count). The first kappa shape index (κ1) is 26.5. The highest BCUT2D eigenvalue weighted by atomic mass is 32.2. The minimum absolute atomic E-state index is 0.153. The van der Waals surface area contributed by atoms with Crippen molar-refractivity contribution in [1.82, 2.24) is 4.98 Å². The summed E-state index contributed by atoms with van der Waals surface area (Å²) in [6.45, 7) is 0. The van der Waals surface area contributed by atoms with E-state index in [1.54, 1.807) is 36.5 Å². The molecular formula is C23H12F9NO3S. The van der Waals surface area contributed by atoms with E-state index < -0.39 is 39.1 Å². The molecule has 14 heteroatoms. The second-order valence-electron chi connectivity index (χ2n) is 7.81. The molecule has 4 nitrogen and oxygen atoms in total. The molecule has 0 unspecified atom stereocenters. The molecule has 0 spiro atoms. The molecule has 1 aromatic heterocycles. The zero-order chi connectivity index (χ0) is 27.4. The number of benzene rings is 3.